The van der Waals surface area contributed by atoms with Crippen LogP contribution in [-0.4, -0.2) is 10.8 Å². The van der Waals surface area contributed by atoms with E-state index in [1.807, 2.05) is 0 Å². The van der Waals surface area contributed by atoms with Gasteiger partial charge < -0.3 is 0 Å². The molecule has 18 heavy (non-hydrogen) atoms. The molecule has 1 unspecified atom stereocenters. The van der Waals surface area contributed by atoms with Gasteiger partial charge in [-0.1, -0.05) is 12.8 Å². The van der Waals surface area contributed by atoms with E-state index in [0.717, 1.165) is 31.2 Å². The summed E-state index contributed by atoms with van der Waals surface area (Å²) in [4.78, 5) is 17.6. The van der Waals surface area contributed by atoms with Gasteiger partial charge in [0.05, 0.1) is 11.6 Å². The van der Waals surface area contributed by atoms with Crippen LogP contribution in [0.25, 0.3) is 0 Å². The van der Waals surface area contributed by atoms with Crippen LogP contribution in [0.2, 0.25) is 0 Å². The molecule has 0 saturated carbocycles. The van der Waals surface area contributed by atoms with Crippen molar-refractivity contribution in [2.24, 2.45) is 0 Å². The molecule has 0 aliphatic heterocycles. The minimum absolute atomic E-state index is 0.129. The molecule has 2 nitrogen and oxygen atoms in total. The Hall–Kier alpha value is -1.18. The van der Waals surface area contributed by atoms with E-state index in [1.165, 1.54) is 54.6 Å². The van der Waals surface area contributed by atoms with Crippen LogP contribution in [0.5, 0.6) is 0 Å². The Labute approximate surface area is 108 Å². The Balaban J connectivity index is 1.95. The summed E-state index contributed by atoms with van der Waals surface area (Å²) < 4.78 is 0. The lowest BCUT2D eigenvalue weighted by Gasteiger charge is -2.11. The number of Topliss-reactive ketones (excluding diaryl/α,β-unsaturated/α-hetero) is 1. The number of carbonyl (C=O) groups is 1. The molecule has 0 radical (unpaired) electrons. The van der Waals surface area contributed by atoms with Gasteiger partial charge in [0.15, 0.2) is 5.78 Å². The predicted molar refractivity (Wildman–Crippen MR) is 70.1 cm³/mol. The van der Waals surface area contributed by atoms with Crippen molar-refractivity contribution in [3.8, 4) is 0 Å². The molecule has 0 fully saturated rings. The average molecular weight is 241 g/mol. The van der Waals surface area contributed by atoms with Gasteiger partial charge in [0.1, 0.15) is 0 Å². The molecule has 3 aliphatic carbocycles. The van der Waals surface area contributed by atoms with Crippen molar-refractivity contribution in [3.63, 3.8) is 0 Å². The van der Waals surface area contributed by atoms with Gasteiger partial charge in [-0.15, -0.1) is 0 Å². The van der Waals surface area contributed by atoms with E-state index >= 15 is 0 Å². The summed E-state index contributed by atoms with van der Waals surface area (Å²) >= 11 is 0. The number of aryl methyl sites for hydroxylation is 1. The molecule has 3 aliphatic rings. The highest BCUT2D eigenvalue weighted by atomic mass is 16.1. The van der Waals surface area contributed by atoms with Crippen LogP contribution in [0.3, 0.4) is 0 Å². The number of carbonyl (C=O) groups excluding carboxylic acids is 1. The number of fused-ring (bicyclic) bond motifs is 2. The maximum atomic E-state index is 12.6. The number of aromatic nitrogens is 1. The van der Waals surface area contributed by atoms with Crippen molar-refractivity contribution < 1.29 is 4.79 Å². The molecule has 2 heteroatoms. The predicted octanol–water partition coefficient (Wildman–Crippen LogP) is 3.36. The maximum absolute atomic E-state index is 12.6. The first kappa shape index (κ1) is 10.7. The third-order valence-corrected chi connectivity index (χ3v) is 4.92. The van der Waals surface area contributed by atoms with Crippen LogP contribution in [0.15, 0.2) is 0 Å². The highest BCUT2D eigenvalue weighted by molar-refractivity contribution is 6.07. The van der Waals surface area contributed by atoms with Gasteiger partial charge in [-0.05, 0) is 56.1 Å². The summed E-state index contributed by atoms with van der Waals surface area (Å²) in [5.74, 6) is 0.541. The third kappa shape index (κ3) is 1.35. The number of hydrogen-bond donors (Lipinski definition) is 0. The quantitative estimate of drug-likeness (QED) is 0.652. The summed E-state index contributed by atoms with van der Waals surface area (Å²) in [7, 11) is 0. The first-order valence-electron chi connectivity index (χ1n) is 7.45. The Morgan fingerprint density at radius 2 is 1.67 bits per heavy atom. The zero-order valence-corrected chi connectivity index (χ0v) is 10.8. The molecular weight excluding hydrogens is 222 g/mol. The molecule has 0 amide bonds. The SMILES string of the molecule is O=C1c2c3c(nc4c2CCCCC14)CCCCC3. The molecule has 0 spiro atoms. The number of rotatable bonds is 0. The molecule has 1 aromatic heterocycles. The molecule has 1 atom stereocenters. The van der Waals surface area contributed by atoms with Crippen molar-refractivity contribution in [1.29, 1.82) is 0 Å². The van der Waals surface area contributed by atoms with Crippen LogP contribution in [0.1, 0.15) is 77.3 Å². The van der Waals surface area contributed by atoms with E-state index in [9.17, 15) is 4.79 Å². The monoisotopic (exact) mass is 241 g/mol. The number of nitrogens with zero attached hydrogens (tertiary/aromatic N) is 1. The smallest absolute Gasteiger partial charge is 0.172 e. The zero-order valence-electron chi connectivity index (χ0n) is 10.8. The van der Waals surface area contributed by atoms with Crippen LogP contribution in [-0.2, 0) is 19.3 Å². The fourth-order valence-corrected chi connectivity index (χ4v) is 4.04. The second kappa shape index (κ2) is 3.91. The Morgan fingerprint density at radius 1 is 0.889 bits per heavy atom. The Kier molecular flexibility index (Phi) is 2.33. The van der Waals surface area contributed by atoms with Gasteiger partial charge in [-0.3, -0.25) is 9.78 Å². The molecule has 0 saturated heterocycles. The average Bonchev–Trinajstić information content (AvgIpc) is 2.64. The van der Waals surface area contributed by atoms with Crippen LogP contribution < -0.4 is 0 Å². The van der Waals surface area contributed by atoms with E-state index in [0.29, 0.717) is 5.78 Å². The number of ketones is 1. The molecule has 94 valence electrons. The van der Waals surface area contributed by atoms with E-state index < -0.39 is 0 Å². The molecule has 1 aromatic rings. The van der Waals surface area contributed by atoms with Gasteiger partial charge in [0.2, 0.25) is 0 Å². The lowest BCUT2D eigenvalue weighted by atomic mass is 9.92. The highest BCUT2D eigenvalue weighted by Gasteiger charge is 2.40. The van der Waals surface area contributed by atoms with Gasteiger partial charge in [-0.25, -0.2) is 0 Å². The zero-order chi connectivity index (χ0) is 12.1. The summed E-state index contributed by atoms with van der Waals surface area (Å²) in [5.41, 5.74) is 6.23. The van der Waals surface area contributed by atoms with Gasteiger partial charge in [0.25, 0.3) is 0 Å². The standard InChI is InChI=1S/C16H19NO/c18-16-12-8-5-4-7-11-14(16)10-6-2-1-3-9-13(10)17-15(11)12/h12H,1-9H2. The summed E-state index contributed by atoms with van der Waals surface area (Å²) in [5, 5.41) is 0. The second-order valence-electron chi connectivity index (χ2n) is 6.00. The number of pyridine rings is 1. The van der Waals surface area contributed by atoms with Crippen molar-refractivity contribution >= 4 is 5.78 Å². The van der Waals surface area contributed by atoms with E-state index in [2.05, 4.69) is 0 Å². The van der Waals surface area contributed by atoms with E-state index in [1.54, 1.807) is 0 Å². The van der Waals surface area contributed by atoms with Crippen molar-refractivity contribution in [2.45, 2.75) is 63.7 Å². The maximum Gasteiger partial charge on any atom is 0.172 e. The molecule has 1 heterocycles. The third-order valence-electron chi connectivity index (χ3n) is 4.92. The minimum atomic E-state index is 0.129. The largest absolute Gasteiger partial charge is 0.293 e. The summed E-state index contributed by atoms with van der Waals surface area (Å²) in [6.45, 7) is 0. The normalized spacial score (nSPS) is 25.6. The van der Waals surface area contributed by atoms with Crippen molar-refractivity contribution in [3.05, 3.63) is 28.1 Å². The highest BCUT2D eigenvalue weighted by Crippen LogP contribution is 2.43. The van der Waals surface area contributed by atoms with Crippen LogP contribution >= 0.6 is 0 Å². The van der Waals surface area contributed by atoms with Crippen LogP contribution in [0, 0.1) is 0 Å². The fourth-order valence-electron chi connectivity index (χ4n) is 4.04. The molecule has 4 bridgehead atoms. The lowest BCUT2D eigenvalue weighted by molar-refractivity contribution is 0.0960. The molecule has 0 aromatic carbocycles. The minimum Gasteiger partial charge on any atom is -0.293 e. The van der Waals surface area contributed by atoms with E-state index in [4.69, 9.17) is 4.98 Å². The summed E-state index contributed by atoms with van der Waals surface area (Å²) in [6.07, 6.45) is 10.5. The number of hydrogen-bond acceptors (Lipinski definition) is 2. The Morgan fingerprint density at radius 3 is 2.61 bits per heavy atom. The molecule has 0 N–H and O–H groups in total. The fraction of sp³-hybridized carbons (Fsp3) is 0.625. The van der Waals surface area contributed by atoms with Crippen molar-refractivity contribution in [1.82, 2.24) is 4.98 Å². The van der Waals surface area contributed by atoms with Gasteiger partial charge in [-0.2, -0.15) is 0 Å². The molecular formula is C16H19NO. The second-order valence-corrected chi connectivity index (χ2v) is 6.00. The topological polar surface area (TPSA) is 30.0 Å². The lowest BCUT2D eigenvalue weighted by Crippen LogP contribution is -2.09. The summed E-state index contributed by atoms with van der Waals surface area (Å²) in [6, 6.07) is 0. The van der Waals surface area contributed by atoms with Crippen LogP contribution in [0.4, 0.5) is 0 Å². The first-order chi connectivity index (χ1) is 8.86. The van der Waals surface area contributed by atoms with Crippen molar-refractivity contribution in [2.75, 3.05) is 0 Å². The van der Waals surface area contributed by atoms with Gasteiger partial charge in [0, 0.05) is 11.3 Å². The Bertz CT molecular complexity index is 532. The molecule has 4 rings (SSSR count). The first-order valence-corrected chi connectivity index (χ1v) is 7.45. The van der Waals surface area contributed by atoms with E-state index in [-0.39, 0.29) is 5.92 Å². The van der Waals surface area contributed by atoms with Gasteiger partial charge >= 0.3 is 0 Å².